The molecule has 0 bridgehead atoms. The van der Waals surface area contributed by atoms with Crippen molar-refractivity contribution in [3.63, 3.8) is 0 Å². The van der Waals surface area contributed by atoms with Crippen LogP contribution >= 0.6 is 12.4 Å². The third-order valence-electron chi connectivity index (χ3n) is 4.29. The lowest BCUT2D eigenvalue weighted by Crippen LogP contribution is -2.35. The molecule has 0 spiro atoms. The standard InChI is InChI=1S/C18H29N3O4S.ClH/c1-3-25-16-9-8-15(20-18(22)10-7-14(2)19)13-17(16)26(23,24)21-11-5-4-6-12-21;/h8-9,13-14H,3-7,10-12,19H2,1-2H3,(H,20,22);1H. The largest absolute Gasteiger partial charge is 0.492 e. The number of ether oxygens (including phenoxy) is 1. The molecule has 0 aliphatic carbocycles. The number of carbonyl (C=O) groups excluding carboxylic acids is 1. The number of nitrogens with one attached hydrogen (secondary N) is 1. The molecular weight excluding hydrogens is 390 g/mol. The van der Waals surface area contributed by atoms with E-state index in [1.165, 1.54) is 10.4 Å². The smallest absolute Gasteiger partial charge is 0.246 e. The molecular formula is C18H30ClN3O4S. The van der Waals surface area contributed by atoms with Crippen LogP contribution < -0.4 is 15.8 Å². The fraction of sp³-hybridized carbons (Fsp3) is 0.611. The lowest BCUT2D eigenvalue weighted by atomic mass is 10.2. The number of piperidine rings is 1. The van der Waals surface area contributed by atoms with Gasteiger partial charge in [0, 0.05) is 31.2 Å². The predicted octanol–water partition coefficient (Wildman–Crippen LogP) is 2.75. The van der Waals surface area contributed by atoms with Gasteiger partial charge in [0.1, 0.15) is 10.6 Å². The van der Waals surface area contributed by atoms with Gasteiger partial charge in [-0.25, -0.2) is 8.42 Å². The van der Waals surface area contributed by atoms with E-state index in [9.17, 15) is 13.2 Å². The highest BCUT2D eigenvalue weighted by atomic mass is 35.5. The minimum atomic E-state index is -3.66. The molecule has 1 atom stereocenters. The fourth-order valence-corrected chi connectivity index (χ4v) is 4.56. The SMILES string of the molecule is CCOc1ccc(NC(=O)CCC(C)N)cc1S(=O)(=O)N1CCCCC1.Cl. The highest BCUT2D eigenvalue weighted by Gasteiger charge is 2.29. The molecule has 1 amide bonds. The van der Waals surface area contributed by atoms with Crippen LogP contribution in [0.4, 0.5) is 5.69 Å². The number of amides is 1. The second-order valence-corrected chi connectivity index (χ2v) is 8.53. The average Bonchev–Trinajstić information content (AvgIpc) is 2.62. The van der Waals surface area contributed by atoms with Gasteiger partial charge in [0.05, 0.1) is 6.61 Å². The van der Waals surface area contributed by atoms with Crippen LogP contribution in [-0.4, -0.2) is 44.4 Å². The van der Waals surface area contributed by atoms with Gasteiger partial charge in [0.15, 0.2) is 0 Å². The minimum absolute atomic E-state index is 0. The molecule has 1 aliphatic rings. The number of anilines is 1. The lowest BCUT2D eigenvalue weighted by Gasteiger charge is -2.27. The van der Waals surface area contributed by atoms with E-state index >= 15 is 0 Å². The number of nitrogens with zero attached hydrogens (tertiary/aromatic N) is 1. The Balaban J connectivity index is 0.00000364. The first kappa shape index (κ1) is 23.7. The van der Waals surface area contributed by atoms with E-state index < -0.39 is 10.0 Å². The Morgan fingerprint density at radius 2 is 1.96 bits per heavy atom. The number of nitrogens with two attached hydrogens (primary N) is 1. The van der Waals surface area contributed by atoms with Crippen molar-refractivity contribution in [3.05, 3.63) is 18.2 Å². The van der Waals surface area contributed by atoms with Gasteiger partial charge >= 0.3 is 0 Å². The van der Waals surface area contributed by atoms with Gasteiger partial charge in [-0.15, -0.1) is 12.4 Å². The van der Waals surface area contributed by atoms with Crippen LogP contribution in [0.25, 0.3) is 0 Å². The maximum Gasteiger partial charge on any atom is 0.246 e. The molecule has 27 heavy (non-hydrogen) atoms. The lowest BCUT2D eigenvalue weighted by molar-refractivity contribution is -0.116. The summed E-state index contributed by atoms with van der Waals surface area (Å²) < 4.78 is 33.1. The first-order valence-corrected chi connectivity index (χ1v) is 10.6. The number of rotatable bonds is 8. The van der Waals surface area contributed by atoms with Gasteiger partial charge in [-0.2, -0.15) is 4.31 Å². The summed E-state index contributed by atoms with van der Waals surface area (Å²) in [7, 11) is -3.66. The molecule has 9 heteroatoms. The van der Waals surface area contributed by atoms with E-state index in [4.69, 9.17) is 10.5 Å². The van der Waals surface area contributed by atoms with Crippen molar-refractivity contribution in [2.45, 2.75) is 56.9 Å². The molecule has 2 rings (SSSR count). The van der Waals surface area contributed by atoms with Crippen LogP contribution in [0.1, 0.15) is 46.0 Å². The quantitative estimate of drug-likeness (QED) is 0.674. The summed E-state index contributed by atoms with van der Waals surface area (Å²) in [4.78, 5) is 12.1. The normalized spacial score (nSPS) is 16.3. The van der Waals surface area contributed by atoms with Gasteiger partial charge in [-0.1, -0.05) is 6.42 Å². The van der Waals surface area contributed by atoms with Crippen LogP contribution in [0.5, 0.6) is 5.75 Å². The van der Waals surface area contributed by atoms with Crippen LogP contribution in [0.15, 0.2) is 23.1 Å². The second kappa shape index (κ2) is 10.8. The molecule has 1 unspecified atom stereocenters. The van der Waals surface area contributed by atoms with Crippen LogP contribution in [0.2, 0.25) is 0 Å². The molecule has 1 aliphatic heterocycles. The highest BCUT2D eigenvalue weighted by molar-refractivity contribution is 7.89. The Morgan fingerprint density at radius 1 is 1.30 bits per heavy atom. The molecule has 1 heterocycles. The number of sulfonamides is 1. The highest BCUT2D eigenvalue weighted by Crippen LogP contribution is 2.31. The second-order valence-electron chi connectivity index (χ2n) is 6.62. The molecule has 1 aromatic carbocycles. The van der Waals surface area contributed by atoms with Gasteiger partial charge in [0.25, 0.3) is 0 Å². The van der Waals surface area contributed by atoms with E-state index in [0.29, 0.717) is 44.0 Å². The van der Waals surface area contributed by atoms with Crippen LogP contribution in [0.3, 0.4) is 0 Å². The third kappa shape index (κ3) is 6.64. The maximum atomic E-state index is 13.1. The number of carbonyl (C=O) groups is 1. The molecule has 3 N–H and O–H groups in total. The topological polar surface area (TPSA) is 102 Å². The zero-order valence-electron chi connectivity index (χ0n) is 15.9. The van der Waals surface area contributed by atoms with Crippen molar-refractivity contribution in [2.75, 3.05) is 25.0 Å². The summed E-state index contributed by atoms with van der Waals surface area (Å²) >= 11 is 0. The number of halogens is 1. The first-order chi connectivity index (χ1) is 12.3. The predicted molar refractivity (Wildman–Crippen MR) is 109 cm³/mol. The molecule has 0 aromatic heterocycles. The zero-order valence-corrected chi connectivity index (χ0v) is 17.6. The summed E-state index contributed by atoms with van der Waals surface area (Å²) in [5.74, 6) is 0.124. The van der Waals surface area contributed by atoms with Gasteiger partial charge in [-0.05, 0) is 51.3 Å². The minimum Gasteiger partial charge on any atom is -0.492 e. The van der Waals surface area contributed by atoms with E-state index in [-0.39, 0.29) is 29.3 Å². The Hall–Kier alpha value is -1.35. The number of hydrogen-bond donors (Lipinski definition) is 2. The first-order valence-electron chi connectivity index (χ1n) is 9.17. The van der Waals surface area contributed by atoms with E-state index in [0.717, 1.165) is 19.3 Å². The molecule has 0 radical (unpaired) electrons. The summed E-state index contributed by atoms with van der Waals surface area (Å²) in [6.45, 7) is 5.04. The molecule has 154 valence electrons. The van der Waals surface area contributed by atoms with Crippen molar-refractivity contribution in [1.29, 1.82) is 0 Å². The Morgan fingerprint density at radius 3 is 2.56 bits per heavy atom. The van der Waals surface area contributed by atoms with Crippen LogP contribution in [-0.2, 0) is 14.8 Å². The molecule has 0 saturated carbocycles. The molecule has 1 saturated heterocycles. The summed E-state index contributed by atoms with van der Waals surface area (Å²) in [6.07, 6.45) is 3.62. The van der Waals surface area contributed by atoms with Gasteiger partial charge in [0.2, 0.25) is 15.9 Å². The Bertz CT molecular complexity index is 719. The van der Waals surface area contributed by atoms with Gasteiger partial charge in [-0.3, -0.25) is 4.79 Å². The van der Waals surface area contributed by atoms with Crippen molar-refractivity contribution in [1.82, 2.24) is 4.31 Å². The van der Waals surface area contributed by atoms with Crippen LogP contribution in [0, 0.1) is 0 Å². The van der Waals surface area contributed by atoms with Crippen molar-refractivity contribution >= 4 is 34.0 Å². The van der Waals surface area contributed by atoms with Crippen molar-refractivity contribution < 1.29 is 17.9 Å². The van der Waals surface area contributed by atoms with E-state index in [2.05, 4.69) is 5.32 Å². The van der Waals surface area contributed by atoms with E-state index in [1.54, 1.807) is 19.1 Å². The zero-order chi connectivity index (χ0) is 19.2. The van der Waals surface area contributed by atoms with Gasteiger partial charge < -0.3 is 15.8 Å². The number of hydrogen-bond acceptors (Lipinski definition) is 5. The Kier molecular flexibility index (Phi) is 9.52. The summed E-state index contributed by atoms with van der Waals surface area (Å²) in [6, 6.07) is 4.68. The third-order valence-corrected chi connectivity index (χ3v) is 6.21. The van der Waals surface area contributed by atoms with Crippen molar-refractivity contribution in [2.24, 2.45) is 5.73 Å². The maximum absolute atomic E-state index is 13.1. The van der Waals surface area contributed by atoms with Crippen molar-refractivity contribution in [3.8, 4) is 5.75 Å². The summed E-state index contributed by atoms with van der Waals surface area (Å²) in [5, 5.41) is 2.75. The van der Waals surface area contributed by atoms with E-state index in [1.807, 2.05) is 6.92 Å². The summed E-state index contributed by atoms with van der Waals surface area (Å²) in [5.41, 5.74) is 6.11. The molecule has 7 nitrogen and oxygen atoms in total. The Labute approximate surface area is 168 Å². The molecule has 1 aromatic rings. The molecule has 1 fully saturated rings. The number of benzene rings is 1. The average molecular weight is 420 g/mol. The fourth-order valence-electron chi connectivity index (χ4n) is 2.89. The monoisotopic (exact) mass is 419 g/mol.